The molecular weight excluding hydrogens is 174 g/mol. The summed E-state index contributed by atoms with van der Waals surface area (Å²) in [6.45, 7) is -0.431. The third-order valence-electron chi connectivity index (χ3n) is 2.11. The molecule has 1 unspecified atom stereocenters. The first-order chi connectivity index (χ1) is 6.15. The van der Waals surface area contributed by atoms with Crippen LogP contribution < -0.4 is 5.73 Å². The lowest BCUT2D eigenvalue weighted by Gasteiger charge is -2.01. The number of hydrogen-bond acceptors (Lipinski definition) is 6. The van der Waals surface area contributed by atoms with Crippen molar-refractivity contribution < 1.29 is 14.6 Å². The molecule has 0 amide bonds. The highest BCUT2D eigenvalue weighted by Crippen LogP contribution is 2.41. The van der Waals surface area contributed by atoms with E-state index in [4.69, 9.17) is 20.4 Å². The second-order valence-corrected chi connectivity index (χ2v) is 3.30. The van der Waals surface area contributed by atoms with Crippen LogP contribution in [0.2, 0.25) is 0 Å². The van der Waals surface area contributed by atoms with Crippen molar-refractivity contribution in [1.29, 1.82) is 0 Å². The van der Waals surface area contributed by atoms with Gasteiger partial charge in [-0.1, -0.05) is 0 Å². The number of aliphatic hydroxyl groups excluding tert-OH is 2. The van der Waals surface area contributed by atoms with Crippen LogP contribution in [-0.2, 0) is 5.54 Å². The number of nitrogens with two attached hydrogens (primary N) is 1. The predicted molar refractivity (Wildman–Crippen MR) is 41.4 cm³/mol. The van der Waals surface area contributed by atoms with Crippen LogP contribution in [0.4, 0.5) is 0 Å². The van der Waals surface area contributed by atoms with Crippen molar-refractivity contribution in [3.05, 3.63) is 11.8 Å². The van der Waals surface area contributed by atoms with Crippen molar-refractivity contribution in [2.75, 3.05) is 6.61 Å². The molecule has 1 heterocycles. The summed E-state index contributed by atoms with van der Waals surface area (Å²) in [4.78, 5) is 0. The maximum absolute atomic E-state index is 9.14. The Hall–Kier alpha value is -0.980. The molecule has 13 heavy (non-hydrogen) atoms. The Labute approximate surface area is 74.4 Å². The van der Waals surface area contributed by atoms with Gasteiger partial charge in [-0.05, 0) is 12.8 Å². The molecule has 1 atom stereocenters. The third-order valence-corrected chi connectivity index (χ3v) is 2.11. The lowest BCUT2D eigenvalue weighted by atomic mass is 10.3. The maximum Gasteiger partial charge on any atom is 0.247 e. The first-order valence-corrected chi connectivity index (χ1v) is 4.07. The Morgan fingerprint density at radius 1 is 1.54 bits per heavy atom. The third kappa shape index (κ3) is 1.43. The van der Waals surface area contributed by atoms with E-state index in [1.165, 1.54) is 0 Å². The standard InChI is InChI=1S/C7H11N3O3/c8-7(1-2-7)6-10-9-5(13-6)4(12)3-11/h4,11-12H,1-3,8H2. The average molecular weight is 185 g/mol. The van der Waals surface area contributed by atoms with Crippen molar-refractivity contribution >= 4 is 0 Å². The summed E-state index contributed by atoms with van der Waals surface area (Å²) in [5.41, 5.74) is 5.30. The van der Waals surface area contributed by atoms with Crippen molar-refractivity contribution in [1.82, 2.24) is 10.2 Å². The molecule has 0 spiro atoms. The molecule has 0 bridgehead atoms. The zero-order chi connectivity index (χ0) is 9.47. The van der Waals surface area contributed by atoms with Gasteiger partial charge in [-0.3, -0.25) is 0 Å². The summed E-state index contributed by atoms with van der Waals surface area (Å²) >= 11 is 0. The highest BCUT2D eigenvalue weighted by Gasteiger charge is 2.45. The SMILES string of the molecule is NC1(c2nnc(C(O)CO)o2)CC1. The minimum absolute atomic E-state index is 0.0224. The Morgan fingerprint density at radius 3 is 2.77 bits per heavy atom. The van der Waals surface area contributed by atoms with Crippen LogP contribution in [0, 0.1) is 0 Å². The van der Waals surface area contributed by atoms with Gasteiger partial charge in [-0.25, -0.2) is 0 Å². The smallest absolute Gasteiger partial charge is 0.247 e. The molecule has 0 radical (unpaired) electrons. The van der Waals surface area contributed by atoms with E-state index >= 15 is 0 Å². The number of aromatic nitrogens is 2. The Kier molecular flexibility index (Phi) is 1.83. The van der Waals surface area contributed by atoms with E-state index in [9.17, 15) is 0 Å². The van der Waals surface area contributed by atoms with E-state index in [0.29, 0.717) is 5.89 Å². The molecule has 6 nitrogen and oxygen atoms in total. The predicted octanol–water partition coefficient (Wildman–Crippen LogP) is -0.957. The molecule has 0 aliphatic heterocycles. The van der Waals surface area contributed by atoms with Gasteiger partial charge in [0.1, 0.15) is 0 Å². The minimum atomic E-state index is -1.11. The normalized spacial score (nSPS) is 21.5. The van der Waals surface area contributed by atoms with Crippen LogP contribution in [0.1, 0.15) is 30.7 Å². The second-order valence-electron chi connectivity index (χ2n) is 3.30. The van der Waals surface area contributed by atoms with Crippen LogP contribution in [0.15, 0.2) is 4.42 Å². The van der Waals surface area contributed by atoms with Crippen molar-refractivity contribution in [2.24, 2.45) is 5.73 Å². The lowest BCUT2D eigenvalue weighted by molar-refractivity contribution is 0.0716. The first kappa shape index (κ1) is 8.61. The molecule has 1 saturated carbocycles. The van der Waals surface area contributed by atoms with E-state index in [1.54, 1.807) is 0 Å². The van der Waals surface area contributed by atoms with Gasteiger partial charge in [0, 0.05) is 0 Å². The quantitative estimate of drug-likeness (QED) is 0.560. The molecule has 1 aliphatic carbocycles. The van der Waals surface area contributed by atoms with Gasteiger partial charge < -0.3 is 20.4 Å². The molecule has 6 heteroatoms. The van der Waals surface area contributed by atoms with Crippen molar-refractivity contribution in [3.8, 4) is 0 Å². The maximum atomic E-state index is 9.14. The molecule has 1 aliphatic rings. The molecule has 72 valence electrons. The fourth-order valence-electron chi connectivity index (χ4n) is 0.997. The average Bonchev–Trinajstić information content (AvgIpc) is 2.72. The molecule has 0 saturated heterocycles. The van der Waals surface area contributed by atoms with E-state index in [1.807, 2.05) is 0 Å². The largest absolute Gasteiger partial charge is 0.420 e. The van der Waals surface area contributed by atoms with Gasteiger partial charge in [0.15, 0.2) is 6.10 Å². The molecule has 2 rings (SSSR count). The first-order valence-electron chi connectivity index (χ1n) is 4.07. The summed E-state index contributed by atoms with van der Waals surface area (Å²) in [5.74, 6) is 0.365. The number of rotatable bonds is 3. The molecule has 1 aromatic rings. The fourth-order valence-corrected chi connectivity index (χ4v) is 0.997. The van der Waals surface area contributed by atoms with Crippen LogP contribution in [0.3, 0.4) is 0 Å². The highest BCUT2D eigenvalue weighted by atomic mass is 16.4. The summed E-state index contributed by atoms with van der Waals surface area (Å²) in [6, 6.07) is 0. The van der Waals surface area contributed by atoms with E-state index in [2.05, 4.69) is 10.2 Å². The molecule has 1 aromatic heterocycles. The van der Waals surface area contributed by atoms with Crippen molar-refractivity contribution in [2.45, 2.75) is 24.5 Å². The molecule has 1 fully saturated rings. The lowest BCUT2D eigenvalue weighted by Crippen LogP contribution is -2.19. The molecule has 0 aromatic carbocycles. The zero-order valence-electron chi connectivity index (χ0n) is 6.97. The Bertz CT molecular complexity index is 308. The molecular formula is C7H11N3O3. The van der Waals surface area contributed by atoms with E-state index < -0.39 is 18.2 Å². The van der Waals surface area contributed by atoms with Gasteiger partial charge in [-0.2, -0.15) is 0 Å². The second kappa shape index (κ2) is 2.76. The Balaban J connectivity index is 2.18. The van der Waals surface area contributed by atoms with Gasteiger partial charge in [0.25, 0.3) is 0 Å². The van der Waals surface area contributed by atoms with Gasteiger partial charge in [0.2, 0.25) is 11.8 Å². The van der Waals surface area contributed by atoms with E-state index in [0.717, 1.165) is 12.8 Å². The summed E-state index contributed by atoms with van der Waals surface area (Å²) in [6.07, 6.45) is 0.539. The highest BCUT2D eigenvalue weighted by molar-refractivity contribution is 5.11. The summed E-state index contributed by atoms with van der Waals surface area (Å²) < 4.78 is 5.11. The number of nitrogens with zero attached hydrogens (tertiary/aromatic N) is 2. The summed E-state index contributed by atoms with van der Waals surface area (Å²) in [7, 11) is 0. The monoisotopic (exact) mass is 185 g/mol. The van der Waals surface area contributed by atoms with Gasteiger partial charge in [-0.15, -0.1) is 10.2 Å². The van der Waals surface area contributed by atoms with Crippen molar-refractivity contribution in [3.63, 3.8) is 0 Å². The minimum Gasteiger partial charge on any atom is -0.420 e. The number of hydrogen-bond donors (Lipinski definition) is 3. The number of aliphatic hydroxyl groups is 2. The fraction of sp³-hybridized carbons (Fsp3) is 0.714. The Morgan fingerprint density at radius 2 is 2.23 bits per heavy atom. The van der Waals surface area contributed by atoms with Crippen LogP contribution in [0.25, 0.3) is 0 Å². The van der Waals surface area contributed by atoms with Gasteiger partial charge in [0.05, 0.1) is 12.1 Å². The van der Waals surface area contributed by atoms with Gasteiger partial charge >= 0.3 is 0 Å². The van der Waals surface area contributed by atoms with Crippen LogP contribution >= 0.6 is 0 Å². The zero-order valence-corrected chi connectivity index (χ0v) is 6.97. The summed E-state index contributed by atoms with van der Waals surface area (Å²) in [5, 5.41) is 25.0. The topological polar surface area (TPSA) is 105 Å². The molecule has 4 N–H and O–H groups in total. The van der Waals surface area contributed by atoms with Crippen LogP contribution in [0.5, 0.6) is 0 Å². The van der Waals surface area contributed by atoms with Crippen LogP contribution in [-0.4, -0.2) is 27.0 Å². The van der Waals surface area contributed by atoms with E-state index in [-0.39, 0.29) is 5.89 Å².